The van der Waals surface area contributed by atoms with Crippen molar-refractivity contribution in [3.05, 3.63) is 54.4 Å². The van der Waals surface area contributed by atoms with E-state index in [9.17, 15) is 4.79 Å². The van der Waals surface area contributed by atoms with Crippen molar-refractivity contribution in [2.45, 2.75) is 39.8 Å². The van der Waals surface area contributed by atoms with E-state index >= 15 is 0 Å². The summed E-state index contributed by atoms with van der Waals surface area (Å²) in [7, 11) is 0. The van der Waals surface area contributed by atoms with Crippen molar-refractivity contribution in [1.29, 1.82) is 0 Å². The van der Waals surface area contributed by atoms with Crippen LogP contribution in [-0.2, 0) is 4.79 Å². The molecule has 0 unspecified atom stereocenters. The highest BCUT2D eigenvalue weighted by Gasteiger charge is 2.12. The number of nitrogens with zero attached hydrogens (tertiary/aromatic N) is 3. The quantitative estimate of drug-likeness (QED) is 0.751. The molecule has 0 saturated heterocycles. The van der Waals surface area contributed by atoms with E-state index in [1.54, 1.807) is 23.0 Å². The monoisotopic (exact) mass is 340 g/mol. The summed E-state index contributed by atoms with van der Waals surface area (Å²) in [6.07, 6.45) is 6.99. The smallest absolute Gasteiger partial charge is 0.244 e. The number of carbonyl (C=O) groups excluding carboxylic acids is 1. The van der Waals surface area contributed by atoms with Gasteiger partial charge in [0.25, 0.3) is 0 Å². The molecule has 0 aliphatic rings. The van der Waals surface area contributed by atoms with Gasteiger partial charge < -0.3 is 5.32 Å². The minimum atomic E-state index is -0.0834. The van der Waals surface area contributed by atoms with E-state index in [2.05, 4.69) is 43.0 Å². The largest absolute Gasteiger partial charge is 0.351 e. The van der Waals surface area contributed by atoms with Crippen LogP contribution in [0, 0.1) is 0 Å². The molecular weight excluding hydrogens is 312 g/mol. The van der Waals surface area contributed by atoms with Crippen LogP contribution in [-0.4, -0.2) is 45.8 Å². The van der Waals surface area contributed by atoms with Gasteiger partial charge in [0.1, 0.15) is 0 Å². The molecule has 0 atom stereocenters. The average molecular weight is 340 g/mol. The summed E-state index contributed by atoms with van der Waals surface area (Å²) in [4.78, 5) is 14.3. The zero-order chi connectivity index (χ0) is 18.2. The number of rotatable bonds is 8. The van der Waals surface area contributed by atoms with Crippen LogP contribution in [0.5, 0.6) is 0 Å². The van der Waals surface area contributed by atoms with Crippen LogP contribution < -0.4 is 5.32 Å². The lowest BCUT2D eigenvalue weighted by Crippen LogP contribution is -2.42. The molecule has 1 heterocycles. The molecule has 1 aromatic heterocycles. The lowest BCUT2D eigenvalue weighted by molar-refractivity contribution is -0.116. The molecule has 1 N–H and O–H groups in total. The van der Waals surface area contributed by atoms with Crippen LogP contribution in [0.4, 0.5) is 0 Å². The summed E-state index contributed by atoms with van der Waals surface area (Å²) in [5.41, 5.74) is 1.89. The Kier molecular flexibility index (Phi) is 6.95. The molecule has 0 aliphatic carbocycles. The van der Waals surface area contributed by atoms with E-state index in [1.807, 2.05) is 36.5 Å². The summed E-state index contributed by atoms with van der Waals surface area (Å²) >= 11 is 0. The first-order valence-electron chi connectivity index (χ1n) is 8.79. The second kappa shape index (κ2) is 9.18. The van der Waals surface area contributed by atoms with E-state index in [1.165, 1.54) is 0 Å². The number of para-hydroxylation sites is 1. The minimum Gasteiger partial charge on any atom is -0.351 e. The standard InChI is InChI=1S/C20H28N4O/c1-16(2)23(17(3)4)13-12-21-20(25)11-10-18-14-22-24(15-18)19-8-6-5-7-9-19/h5-11,14-17H,12-13H2,1-4H3,(H,21,25)/b11-10+. The van der Waals surface area contributed by atoms with Crippen molar-refractivity contribution in [3.8, 4) is 5.69 Å². The molecule has 0 spiro atoms. The van der Waals surface area contributed by atoms with Crippen LogP contribution in [0.25, 0.3) is 11.8 Å². The van der Waals surface area contributed by atoms with E-state index < -0.39 is 0 Å². The topological polar surface area (TPSA) is 50.2 Å². The molecule has 1 amide bonds. The predicted molar refractivity (Wildman–Crippen MR) is 103 cm³/mol. The highest BCUT2D eigenvalue weighted by Crippen LogP contribution is 2.08. The molecule has 0 aliphatic heterocycles. The number of carbonyl (C=O) groups is 1. The van der Waals surface area contributed by atoms with Crippen molar-refractivity contribution in [3.63, 3.8) is 0 Å². The highest BCUT2D eigenvalue weighted by molar-refractivity contribution is 5.91. The predicted octanol–water partition coefficient (Wildman–Crippen LogP) is 3.12. The molecule has 0 radical (unpaired) electrons. The Bertz CT molecular complexity index is 681. The zero-order valence-electron chi connectivity index (χ0n) is 15.5. The Hall–Kier alpha value is -2.40. The van der Waals surface area contributed by atoms with Crippen LogP contribution >= 0.6 is 0 Å². The second-order valence-electron chi connectivity index (χ2n) is 6.60. The third-order valence-corrected chi connectivity index (χ3v) is 4.05. The summed E-state index contributed by atoms with van der Waals surface area (Å²) in [5, 5.41) is 7.25. The number of hydrogen-bond acceptors (Lipinski definition) is 3. The number of benzene rings is 1. The second-order valence-corrected chi connectivity index (χ2v) is 6.60. The normalized spacial score (nSPS) is 11.8. The molecule has 0 bridgehead atoms. The Morgan fingerprint density at radius 3 is 2.52 bits per heavy atom. The van der Waals surface area contributed by atoms with Crippen LogP contribution in [0.15, 0.2) is 48.8 Å². The van der Waals surface area contributed by atoms with Crippen molar-refractivity contribution in [2.24, 2.45) is 0 Å². The number of amides is 1. The van der Waals surface area contributed by atoms with Gasteiger partial charge in [-0.1, -0.05) is 18.2 Å². The SMILES string of the molecule is CC(C)N(CCNC(=O)/C=C/c1cnn(-c2ccccc2)c1)C(C)C. The molecule has 5 nitrogen and oxygen atoms in total. The third-order valence-electron chi connectivity index (χ3n) is 4.05. The molecule has 5 heteroatoms. The summed E-state index contributed by atoms with van der Waals surface area (Å²) in [5.74, 6) is -0.0834. The fourth-order valence-electron chi connectivity index (χ4n) is 2.80. The third kappa shape index (κ3) is 5.87. The maximum atomic E-state index is 12.0. The van der Waals surface area contributed by atoms with Gasteiger partial charge in [0.05, 0.1) is 11.9 Å². The lowest BCUT2D eigenvalue weighted by Gasteiger charge is -2.30. The molecule has 2 aromatic rings. The fraction of sp³-hybridized carbons (Fsp3) is 0.400. The Balaban J connectivity index is 1.84. The molecule has 1 aromatic carbocycles. The summed E-state index contributed by atoms with van der Waals surface area (Å²) in [6.45, 7) is 10.2. The number of hydrogen-bond donors (Lipinski definition) is 1. The Morgan fingerprint density at radius 1 is 1.20 bits per heavy atom. The molecular formula is C20H28N4O. The first kappa shape index (κ1) is 18.9. The van der Waals surface area contributed by atoms with E-state index in [4.69, 9.17) is 0 Å². The van der Waals surface area contributed by atoms with Gasteiger partial charge >= 0.3 is 0 Å². The molecule has 134 valence electrons. The molecule has 0 saturated carbocycles. The van der Waals surface area contributed by atoms with Crippen LogP contribution in [0.3, 0.4) is 0 Å². The van der Waals surface area contributed by atoms with Gasteiger partial charge in [-0.25, -0.2) is 4.68 Å². The number of aromatic nitrogens is 2. The lowest BCUT2D eigenvalue weighted by atomic mass is 10.2. The van der Waals surface area contributed by atoms with Gasteiger partial charge in [-0.2, -0.15) is 5.10 Å². The van der Waals surface area contributed by atoms with E-state index in [0.717, 1.165) is 17.8 Å². The van der Waals surface area contributed by atoms with Gasteiger partial charge in [-0.05, 0) is 45.9 Å². The van der Waals surface area contributed by atoms with Crippen molar-refractivity contribution >= 4 is 12.0 Å². The van der Waals surface area contributed by atoms with Gasteiger partial charge in [0, 0.05) is 43.0 Å². The number of nitrogens with one attached hydrogen (secondary N) is 1. The van der Waals surface area contributed by atoms with Crippen LogP contribution in [0.1, 0.15) is 33.3 Å². The van der Waals surface area contributed by atoms with Gasteiger partial charge in [0.15, 0.2) is 0 Å². The van der Waals surface area contributed by atoms with Crippen molar-refractivity contribution in [2.75, 3.05) is 13.1 Å². The molecule has 2 rings (SSSR count). The Morgan fingerprint density at radius 2 is 1.88 bits per heavy atom. The Labute approximate surface area is 150 Å². The minimum absolute atomic E-state index is 0.0834. The van der Waals surface area contributed by atoms with Crippen LogP contribution in [0.2, 0.25) is 0 Å². The van der Waals surface area contributed by atoms with Gasteiger partial charge in [-0.3, -0.25) is 9.69 Å². The fourth-order valence-corrected chi connectivity index (χ4v) is 2.80. The molecule has 0 fully saturated rings. The van der Waals surface area contributed by atoms with Crippen molar-refractivity contribution in [1.82, 2.24) is 20.0 Å². The maximum absolute atomic E-state index is 12.0. The van der Waals surface area contributed by atoms with E-state index in [0.29, 0.717) is 18.6 Å². The summed E-state index contributed by atoms with van der Waals surface area (Å²) in [6, 6.07) is 10.8. The van der Waals surface area contributed by atoms with Gasteiger partial charge in [0.2, 0.25) is 5.91 Å². The van der Waals surface area contributed by atoms with Gasteiger partial charge in [-0.15, -0.1) is 0 Å². The van der Waals surface area contributed by atoms with Crippen molar-refractivity contribution < 1.29 is 4.79 Å². The summed E-state index contributed by atoms with van der Waals surface area (Å²) < 4.78 is 1.79. The highest BCUT2D eigenvalue weighted by atomic mass is 16.1. The molecule has 25 heavy (non-hydrogen) atoms. The average Bonchev–Trinajstić information content (AvgIpc) is 3.06. The first-order valence-corrected chi connectivity index (χ1v) is 8.79. The first-order chi connectivity index (χ1) is 12.0. The van der Waals surface area contributed by atoms with E-state index in [-0.39, 0.29) is 5.91 Å². The zero-order valence-corrected chi connectivity index (χ0v) is 15.5. The maximum Gasteiger partial charge on any atom is 0.244 e.